The first kappa shape index (κ1) is 21.8. The van der Waals surface area contributed by atoms with E-state index in [1.54, 1.807) is 6.26 Å². The zero-order valence-corrected chi connectivity index (χ0v) is 19.0. The molecule has 0 radical (unpaired) electrons. The number of benzene rings is 1. The van der Waals surface area contributed by atoms with Crippen molar-refractivity contribution >= 4 is 29.9 Å². The van der Waals surface area contributed by atoms with Gasteiger partial charge in [-0.2, -0.15) is 0 Å². The predicted molar refractivity (Wildman–Crippen MR) is 124 cm³/mol. The van der Waals surface area contributed by atoms with Crippen LogP contribution in [0.4, 0.5) is 0 Å². The van der Waals surface area contributed by atoms with Gasteiger partial charge in [-0.15, -0.1) is 24.0 Å². The standard InChI is InChI=1S/C22H29N3O3.HI/c1-2-8-18(7-1)25-22(23-12-11-19-9-4-13-26-19)24-16-17-6-3-10-20-21(17)28-15-5-14-27-20;/h3-4,6,9-10,13,18H,1-2,5,7-8,11-12,14-16H2,(H2,23,24,25);1H. The molecule has 0 amide bonds. The van der Waals surface area contributed by atoms with Crippen LogP contribution in [0.25, 0.3) is 0 Å². The Morgan fingerprint density at radius 3 is 2.72 bits per heavy atom. The number of furan rings is 1. The average molecular weight is 511 g/mol. The van der Waals surface area contributed by atoms with Gasteiger partial charge in [0.05, 0.1) is 26.0 Å². The summed E-state index contributed by atoms with van der Waals surface area (Å²) >= 11 is 0. The van der Waals surface area contributed by atoms with Crippen molar-refractivity contribution in [3.8, 4) is 11.5 Å². The van der Waals surface area contributed by atoms with E-state index in [0.717, 1.165) is 48.2 Å². The van der Waals surface area contributed by atoms with Crippen molar-refractivity contribution in [3.63, 3.8) is 0 Å². The minimum absolute atomic E-state index is 0. The largest absolute Gasteiger partial charge is 0.490 e. The first-order chi connectivity index (χ1) is 13.9. The molecule has 1 aromatic heterocycles. The third kappa shape index (κ3) is 6.29. The van der Waals surface area contributed by atoms with Crippen LogP contribution in [0, 0.1) is 0 Å². The quantitative estimate of drug-likeness (QED) is 0.345. The van der Waals surface area contributed by atoms with Crippen LogP contribution >= 0.6 is 24.0 Å². The monoisotopic (exact) mass is 511 g/mol. The second-order valence-electron chi connectivity index (χ2n) is 7.34. The number of hydrogen-bond donors (Lipinski definition) is 2. The van der Waals surface area contributed by atoms with E-state index >= 15 is 0 Å². The van der Waals surface area contributed by atoms with Gasteiger partial charge >= 0.3 is 0 Å². The molecule has 1 saturated carbocycles. The van der Waals surface area contributed by atoms with Gasteiger partial charge in [-0.1, -0.05) is 25.0 Å². The maximum absolute atomic E-state index is 5.93. The molecule has 1 aliphatic carbocycles. The van der Waals surface area contributed by atoms with Gasteiger partial charge in [0, 0.05) is 31.0 Å². The van der Waals surface area contributed by atoms with Crippen molar-refractivity contribution in [1.82, 2.24) is 10.6 Å². The molecule has 2 aromatic rings. The van der Waals surface area contributed by atoms with Gasteiger partial charge in [-0.25, -0.2) is 4.99 Å². The number of nitrogens with zero attached hydrogens (tertiary/aromatic N) is 1. The number of ether oxygens (including phenoxy) is 2. The topological polar surface area (TPSA) is 68.0 Å². The van der Waals surface area contributed by atoms with Crippen molar-refractivity contribution in [1.29, 1.82) is 0 Å². The van der Waals surface area contributed by atoms with Gasteiger partial charge in [0.1, 0.15) is 5.76 Å². The Kier molecular flexibility index (Phi) is 8.52. The third-order valence-corrected chi connectivity index (χ3v) is 5.20. The van der Waals surface area contributed by atoms with Gasteiger partial charge in [-0.05, 0) is 31.0 Å². The van der Waals surface area contributed by atoms with Gasteiger partial charge < -0.3 is 24.5 Å². The van der Waals surface area contributed by atoms with Crippen molar-refractivity contribution in [2.45, 2.75) is 51.1 Å². The lowest BCUT2D eigenvalue weighted by atomic mass is 10.2. The number of halogens is 1. The number of hydrogen-bond acceptors (Lipinski definition) is 4. The zero-order valence-electron chi connectivity index (χ0n) is 16.7. The highest BCUT2D eigenvalue weighted by Crippen LogP contribution is 2.33. The Bertz CT molecular complexity index is 774. The molecule has 0 spiro atoms. The molecule has 158 valence electrons. The fraction of sp³-hybridized carbons (Fsp3) is 0.500. The van der Waals surface area contributed by atoms with Crippen LogP contribution in [-0.2, 0) is 13.0 Å². The van der Waals surface area contributed by atoms with Gasteiger partial charge in [0.25, 0.3) is 0 Å². The van der Waals surface area contributed by atoms with E-state index in [4.69, 9.17) is 18.9 Å². The van der Waals surface area contributed by atoms with Crippen LogP contribution in [0.5, 0.6) is 11.5 Å². The summed E-state index contributed by atoms with van der Waals surface area (Å²) in [5.74, 6) is 3.48. The Hall–Kier alpha value is -1.90. The molecular weight excluding hydrogens is 481 g/mol. The second kappa shape index (κ2) is 11.3. The van der Waals surface area contributed by atoms with Crippen molar-refractivity contribution in [2.75, 3.05) is 19.8 Å². The molecule has 4 rings (SSSR count). The predicted octanol–water partition coefficient (Wildman–Crippen LogP) is 4.28. The lowest BCUT2D eigenvalue weighted by Crippen LogP contribution is -2.43. The Balaban J connectivity index is 0.00000240. The Labute approximate surface area is 189 Å². The van der Waals surface area contributed by atoms with Gasteiger partial charge in [0.15, 0.2) is 17.5 Å². The molecule has 0 atom stereocenters. The summed E-state index contributed by atoms with van der Waals surface area (Å²) in [6, 6.07) is 10.5. The molecular formula is C22H30IN3O3. The van der Waals surface area contributed by atoms with Crippen LogP contribution < -0.4 is 20.1 Å². The van der Waals surface area contributed by atoms with Crippen molar-refractivity contribution in [3.05, 3.63) is 47.9 Å². The van der Waals surface area contributed by atoms with Crippen LogP contribution in [0.2, 0.25) is 0 Å². The van der Waals surface area contributed by atoms with Crippen LogP contribution in [0.3, 0.4) is 0 Å². The van der Waals surface area contributed by atoms with E-state index < -0.39 is 0 Å². The third-order valence-electron chi connectivity index (χ3n) is 5.20. The van der Waals surface area contributed by atoms with Crippen molar-refractivity contribution in [2.24, 2.45) is 4.99 Å². The fourth-order valence-corrected chi connectivity index (χ4v) is 3.72. The summed E-state index contributed by atoms with van der Waals surface area (Å²) in [6.45, 7) is 2.71. The smallest absolute Gasteiger partial charge is 0.191 e. The lowest BCUT2D eigenvalue weighted by molar-refractivity contribution is 0.296. The molecule has 2 aliphatic rings. The second-order valence-corrected chi connectivity index (χ2v) is 7.34. The molecule has 6 nitrogen and oxygen atoms in total. The number of guanidine groups is 1. The molecule has 1 aromatic carbocycles. The number of rotatable bonds is 6. The number of fused-ring (bicyclic) bond motifs is 1. The highest BCUT2D eigenvalue weighted by atomic mass is 127. The molecule has 0 bridgehead atoms. The first-order valence-electron chi connectivity index (χ1n) is 10.3. The van der Waals surface area contributed by atoms with Gasteiger partial charge in [-0.3, -0.25) is 0 Å². The van der Waals surface area contributed by atoms with Crippen LogP contribution in [-0.4, -0.2) is 31.8 Å². The molecule has 29 heavy (non-hydrogen) atoms. The number of nitrogens with one attached hydrogen (secondary N) is 2. The normalized spacial score (nSPS) is 16.8. The summed E-state index contributed by atoms with van der Waals surface area (Å²) in [5, 5.41) is 7.05. The number of aliphatic imine (C=N–C) groups is 1. The summed E-state index contributed by atoms with van der Waals surface area (Å²) < 4.78 is 17.1. The highest BCUT2D eigenvalue weighted by molar-refractivity contribution is 14.0. The van der Waals surface area contributed by atoms with E-state index in [-0.39, 0.29) is 24.0 Å². The molecule has 0 saturated heterocycles. The van der Waals surface area contributed by atoms with E-state index in [0.29, 0.717) is 25.8 Å². The van der Waals surface area contributed by atoms with E-state index in [1.807, 2.05) is 24.3 Å². The SMILES string of the molecule is I.c1coc(CCNC(=NCc2cccc3c2OCCCO3)NC2CCCC2)c1. The molecule has 1 aliphatic heterocycles. The molecule has 7 heteroatoms. The molecule has 0 unspecified atom stereocenters. The molecule has 2 heterocycles. The van der Waals surface area contributed by atoms with Gasteiger partial charge in [0.2, 0.25) is 0 Å². The molecule has 1 fully saturated rings. The number of para-hydroxylation sites is 1. The van der Waals surface area contributed by atoms with Crippen LogP contribution in [0.15, 0.2) is 46.0 Å². The minimum Gasteiger partial charge on any atom is -0.490 e. The van der Waals surface area contributed by atoms with Crippen molar-refractivity contribution < 1.29 is 13.9 Å². The van der Waals surface area contributed by atoms with E-state index in [9.17, 15) is 0 Å². The maximum atomic E-state index is 5.93. The van der Waals surface area contributed by atoms with E-state index in [1.165, 1.54) is 25.7 Å². The summed E-state index contributed by atoms with van der Waals surface area (Å²) in [4.78, 5) is 4.84. The molecule has 2 N–H and O–H groups in total. The zero-order chi connectivity index (χ0) is 19.0. The maximum Gasteiger partial charge on any atom is 0.191 e. The summed E-state index contributed by atoms with van der Waals surface area (Å²) in [6.07, 6.45) is 8.43. The summed E-state index contributed by atoms with van der Waals surface area (Å²) in [5.41, 5.74) is 1.05. The highest BCUT2D eigenvalue weighted by Gasteiger charge is 2.17. The van der Waals surface area contributed by atoms with E-state index in [2.05, 4.69) is 16.7 Å². The Morgan fingerprint density at radius 2 is 1.90 bits per heavy atom. The van der Waals surface area contributed by atoms with Crippen LogP contribution in [0.1, 0.15) is 43.4 Å². The minimum atomic E-state index is 0. The lowest BCUT2D eigenvalue weighted by Gasteiger charge is -2.18. The summed E-state index contributed by atoms with van der Waals surface area (Å²) in [7, 11) is 0. The Morgan fingerprint density at radius 1 is 1.03 bits per heavy atom. The fourth-order valence-electron chi connectivity index (χ4n) is 3.72. The first-order valence-corrected chi connectivity index (χ1v) is 10.3. The average Bonchev–Trinajstić information content (AvgIpc) is 3.36.